The number of hydrogen-bond donors (Lipinski definition) is 1. The minimum absolute atomic E-state index is 0.0247. The number of halogens is 2. The quantitative estimate of drug-likeness (QED) is 0.530. The van der Waals surface area contributed by atoms with E-state index in [-0.39, 0.29) is 21.2 Å². The number of amides is 1. The van der Waals surface area contributed by atoms with Gasteiger partial charge in [-0.05, 0) is 42.5 Å². The van der Waals surface area contributed by atoms with Gasteiger partial charge >= 0.3 is 10.1 Å². The zero-order valence-corrected chi connectivity index (χ0v) is 16.9. The summed E-state index contributed by atoms with van der Waals surface area (Å²) in [5.41, 5.74) is 0.583. The van der Waals surface area contributed by atoms with E-state index in [9.17, 15) is 13.2 Å². The molecule has 27 heavy (non-hydrogen) atoms. The fraction of sp³-hybridized carbons (Fsp3) is 0. The van der Waals surface area contributed by atoms with Gasteiger partial charge < -0.3 is 9.50 Å². The highest BCUT2D eigenvalue weighted by molar-refractivity contribution is 9.10. The summed E-state index contributed by atoms with van der Waals surface area (Å²) in [5.74, 6) is -0.679. The molecule has 3 aromatic carbocycles. The lowest BCUT2D eigenvalue weighted by Crippen LogP contribution is -2.16. The van der Waals surface area contributed by atoms with Crippen LogP contribution in [0, 0.1) is 0 Å². The number of carbonyl (C=O) groups excluding carboxylic acids is 1. The Balaban J connectivity index is 1.92. The van der Waals surface area contributed by atoms with Gasteiger partial charge in [-0.15, -0.1) is 0 Å². The van der Waals surface area contributed by atoms with Crippen LogP contribution in [0.1, 0.15) is 10.4 Å². The van der Waals surface area contributed by atoms with Crippen molar-refractivity contribution < 1.29 is 17.4 Å². The number of nitrogens with one attached hydrogen (secondary N) is 1. The second-order valence-corrected chi connectivity index (χ2v) is 8.35. The molecule has 0 heterocycles. The van der Waals surface area contributed by atoms with E-state index in [1.165, 1.54) is 30.3 Å². The number of carbonyl (C=O) groups is 1. The number of benzene rings is 3. The summed E-state index contributed by atoms with van der Waals surface area (Å²) in [7, 11) is -4.11. The van der Waals surface area contributed by atoms with Gasteiger partial charge in [-0.2, -0.15) is 8.42 Å². The molecular weight excluding hydrogens is 454 g/mol. The Bertz CT molecular complexity index is 1090. The van der Waals surface area contributed by atoms with Gasteiger partial charge in [-0.1, -0.05) is 51.8 Å². The normalized spacial score (nSPS) is 11.0. The van der Waals surface area contributed by atoms with Gasteiger partial charge in [0.2, 0.25) is 0 Å². The summed E-state index contributed by atoms with van der Waals surface area (Å²) in [4.78, 5) is 12.6. The Labute approximate surface area is 170 Å². The summed E-state index contributed by atoms with van der Waals surface area (Å²) in [6.07, 6.45) is 0. The maximum absolute atomic E-state index is 12.6. The fourth-order valence-electron chi connectivity index (χ4n) is 2.27. The Kier molecular flexibility index (Phi) is 5.84. The van der Waals surface area contributed by atoms with Crippen LogP contribution in [0.25, 0.3) is 0 Å². The highest BCUT2D eigenvalue weighted by atomic mass is 79.9. The molecule has 0 saturated heterocycles. The van der Waals surface area contributed by atoms with Gasteiger partial charge in [0, 0.05) is 21.2 Å². The Morgan fingerprint density at radius 3 is 2.41 bits per heavy atom. The zero-order chi connectivity index (χ0) is 19.4. The van der Waals surface area contributed by atoms with Crippen LogP contribution in [-0.2, 0) is 10.1 Å². The van der Waals surface area contributed by atoms with Gasteiger partial charge in [-0.3, -0.25) is 4.79 Å². The molecule has 0 aliphatic rings. The van der Waals surface area contributed by atoms with E-state index in [0.717, 1.165) is 4.47 Å². The van der Waals surface area contributed by atoms with Crippen LogP contribution in [0.2, 0.25) is 5.02 Å². The van der Waals surface area contributed by atoms with Crippen molar-refractivity contribution in [3.8, 4) is 5.75 Å². The van der Waals surface area contributed by atoms with Crippen molar-refractivity contribution >= 4 is 49.2 Å². The smallest absolute Gasteiger partial charge is 0.339 e. The molecule has 0 fully saturated rings. The van der Waals surface area contributed by atoms with Crippen molar-refractivity contribution in [1.29, 1.82) is 0 Å². The highest BCUT2D eigenvalue weighted by Gasteiger charge is 2.21. The number of rotatable bonds is 5. The molecule has 0 unspecified atom stereocenters. The second kappa shape index (κ2) is 8.12. The van der Waals surface area contributed by atoms with Gasteiger partial charge in [0.1, 0.15) is 4.90 Å². The molecule has 1 N–H and O–H groups in total. The van der Waals surface area contributed by atoms with E-state index in [0.29, 0.717) is 5.69 Å². The third-order valence-corrected chi connectivity index (χ3v) is 5.48. The molecular formula is C19H13BrClNO4S. The Hall–Kier alpha value is -2.35. The fourth-order valence-corrected chi connectivity index (χ4v) is 3.79. The van der Waals surface area contributed by atoms with Crippen molar-refractivity contribution in [2.24, 2.45) is 0 Å². The summed E-state index contributed by atoms with van der Waals surface area (Å²) in [6.45, 7) is 0. The first-order valence-electron chi connectivity index (χ1n) is 7.71. The van der Waals surface area contributed by atoms with E-state index in [2.05, 4.69) is 21.2 Å². The molecule has 0 atom stereocenters. The van der Waals surface area contributed by atoms with Crippen LogP contribution in [0.5, 0.6) is 5.75 Å². The monoisotopic (exact) mass is 465 g/mol. The standard InChI is InChI=1S/C19H13BrClNO4S/c20-13-5-4-6-15(11-13)22-19(23)17-10-9-14(21)12-18(17)26-27(24,25)16-7-2-1-3-8-16/h1-12H,(H,22,23). The first-order chi connectivity index (χ1) is 12.8. The van der Waals surface area contributed by atoms with E-state index >= 15 is 0 Å². The third kappa shape index (κ3) is 4.88. The molecule has 0 saturated carbocycles. The maximum atomic E-state index is 12.6. The van der Waals surface area contributed by atoms with Gasteiger partial charge in [-0.25, -0.2) is 0 Å². The zero-order valence-electron chi connectivity index (χ0n) is 13.7. The largest absolute Gasteiger partial charge is 0.378 e. The molecule has 0 spiro atoms. The van der Waals surface area contributed by atoms with Crippen LogP contribution < -0.4 is 9.50 Å². The number of anilines is 1. The Morgan fingerprint density at radius 2 is 1.70 bits per heavy atom. The molecule has 138 valence electrons. The minimum Gasteiger partial charge on any atom is -0.378 e. The molecule has 0 aromatic heterocycles. The topological polar surface area (TPSA) is 72.5 Å². The first kappa shape index (κ1) is 19.4. The second-order valence-electron chi connectivity index (χ2n) is 5.46. The SMILES string of the molecule is O=C(Nc1cccc(Br)c1)c1ccc(Cl)cc1OS(=O)(=O)c1ccccc1. The van der Waals surface area contributed by atoms with Crippen molar-refractivity contribution in [2.45, 2.75) is 4.90 Å². The maximum Gasteiger partial charge on any atom is 0.339 e. The summed E-state index contributed by atoms with van der Waals surface area (Å²) in [6, 6.07) is 18.8. The Morgan fingerprint density at radius 1 is 0.963 bits per heavy atom. The van der Waals surface area contributed by atoms with Crippen molar-refractivity contribution in [3.63, 3.8) is 0 Å². The lowest BCUT2D eigenvalue weighted by atomic mass is 10.2. The van der Waals surface area contributed by atoms with Crippen LogP contribution in [0.15, 0.2) is 82.2 Å². The molecule has 0 radical (unpaired) electrons. The van der Waals surface area contributed by atoms with Gasteiger partial charge in [0.15, 0.2) is 5.75 Å². The molecule has 1 amide bonds. The molecule has 3 rings (SSSR count). The third-order valence-electron chi connectivity index (χ3n) is 3.50. The molecule has 3 aromatic rings. The van der Waals surface area contributed by atoms with Gasteiger partial charge in [0.25, 0.3) is 5.91 Å². The highest BCUT2D eigenvalue weighted by Crippen LogP contribution is 2.28. The lowest BCUT2D eigenvalue weighted by molar-refractivity contribution is 0.102. The summed E-state index contributed by atoms with van der Waals surface area (Å²) in [5, 5.41) is 2.94. The molecule has 0 aliphatic carbocycles. The lowest BCUT2D eigenvalue weighted by Gasteiger charge is -2.12. The molecule has 0 bridgehead atoms. The van der Waals surface area contributed by atoms with Gasteiger partial charge in [0.05, 0.1) is 5.56 Å². The van der Waals surface area contributed by atoms with E-state index in [4.69, 9.17) is 15.8 Å². The average molecular weight is 467 g/mol. The first-order valence-corrected chi connectivity index (χ1v) is 10.3. The van der Waals surface area contributed by atoms with E-state index in [1.54, 1.807) is 36.4 Å². The molecule has 8 heteroatoms. The summed E-state index contributed by atoms with van der Waals surface area (Å²) >= 11 is 9.29. The van der Waals surface area contributed by atoms with Crippen LogP contribution >= 0.6 is 27.5 Å². The molecule has 5 nitrogen and oxygen atoms in total. The summed E-state index contributed by atoms with van der Waals surface area (Å²) < 4.78 is 31.0. The predicted octanol–water partition coefficient (Wildman–Crippen LogP) is 5.12. The van der Waals surface area contributed by atoms with E-state index < -0.39 is 16.0 Å². The van der Waals surface area contributed by atoms with Crippen molar-refractivity contribution in [1.82, 2.24) is 0 Å². The molecule has 0 aliphatic heterocycles. The van der Waals surface area contributed by atoms with Crippen LogP contribution in [0.4, 0.5) is 5.69 Å². The number of hydrogen-bond acceptors (Lipinski definition) is 4. The van der Waals surface area contributed by atoms with Crippen molar-refractivity contribution in [3.05, 3.63) is 87.9 Å². The average Bonchev–Trinajstić information content (AvgIpc) is 2.62. The van der Waals surface area contributed by atoms with E-state index in [1.807, 2.05) is 6.07 Å². The van der Waals surface area contributed by atoms with Crippen LogP contribution in [0.3, 0.4) is 0 Å². The van der Waals surface area contributed by atoms with Crippen molar-refractivity contribution in [2.75, 3.05) is 5.32 Å². The van der Waals surface area contributed by atoms with Crippen LogP contribution in [-0.4, -0.2) is 14.3 Å². The minimum atomic E-state index is -4.11. The predicted molar refractivity (Wildman–Crippen MR) is 108 cm³/mol.